The van der Waals surface area contributed by atoms with E-state index >= 15 is 0 Å². The van der Waals surface area contributed by atoms with Gasteiger partial charge in [-0.15, -0.1) is 0 Å². The van der Waals surface area contributed by atoms with Crippen molar-refractivity contribution < 1.29 is 9.25 Å². The van der Waals surface area contributed by atoms with Crippen LogP contribution in [0.1, 0.15) is 0 Å². The van der Waals surface area contributed by atoms with E-state index in [0.29, 0.717) is 16.2 Å². The number of piperazine rings is 1. The van der Waals surface area contributed by atoms with Crippen molar-refractivity contribution in [2.45, 2.75) is 0 Å². The summed E-state index contributed by atoms with van der Waals surface area (Å²) in [6, 6.07) is 8.84. The van der Waals surface area contributed by atoms with Crippen LogP contribution < -0.4 is 9.63 Å². The molecular weight excluding hydrogens is 320 g/mol. The summed E-state index contributed by atoms with van der Waals surface area (Å²) >= 11 is 0. The van der Waals surface area contributed by atoms with E-state index < -0.39 is 0 Å². The van der Waals surface area contributed by atoms with Crippen molar-refractivity contribution in [3.63, 3.8) is 0 Å². The molecule has 4 heterocycles. The Morgan fingerprint density at radius 1 is 1.16 bits per heavy atom. The first-order chi connectivity index (χ1) is 12.2. The zero-order valence-corrected chi connectivity index (χ0v) is 13.9. The van der Waals surface area contributed by atoms with E-state index in [9.17, 15) is 5.21 Å². The third-order valence-electron chi connectivity index (χ3n) is 4.30. The van der Waals surface area contributed by atoms with Crippen LogP contribution in [-0.4, -0.2) is 53.3 Å². The van der Waals surface area contributed by atoms with Gasteiger partial charge < -0.3 is 19.5 Å². The van der Waals surface area contributed by atoms with Crippen molar-refractivity contribution >= 4 is 5.82 Å². The molecule has 0 radical (unpaired) electrons. The number of likely N-dealkylation sites (N-methyl/N-ethyl adjacent to an activating group) is 1. The van der Waals surface area contributed by atoms with Gasteiger partial charge >= 0.3 is 5.89 Å². The maximum atomic E-state index is 11.8. The average Bonchev–Trinajstić information content (AvgIpc) is 3.13. The van der Waals surface area contributed by atoms with Crippen molar-refractivity contribution in [3.05, 3.63) is 47.9 Å². The Kier molecular flexibility index (Phi) is 4.02. The number of hydrogen-bond acceptors (Lipinski definition) is 7. The normalized spacial score (nSPS) is 15.5. The van der Waals surface area contributed by atoms with E-state index in [1.165, 1.54) is 6.20 Å². The number of anilines is 1. The maximum absolute atomic E-state index is 11.8. The lowest BCUT2D eigenvalue weighted by Gasteiger charge is -2.33. The smallest absolute Gasteiger partial charge is 0.324 e. The minimum absolute atomic E-state index is 0.198. The van der Waals surface area contributed by atoms with Gasteiger partial charge in [-0.1, -0.05) is 5.16 Å². The van der Waals surface area contributed by atoms with Crippen LogP contribution in [0.3, 0.4) is 0 Å². The SMILES string of the molecule is CN1CCN(c2cc(-c3noc(-c4cccc[n+]4[O-])n3)ccn2)CC1. The van der Waals surface area contributed by atoms with Gasteiger partial charge in [-0.3, -0.25) is 0 Å². The molecule has 0 amide bonds. The van der Waals surface area contributed by atoms with Crippen molar-refractivity contribution in [2.24, 2.45) is 0 Å². The van der Waals surface area contributed by atoms with E-state index in [1.807, 2.05) is 12.1 Å². The molecule has 8 nitrogen and oxygen atoms in total. The summed E-state index contributed by atoms with van der Waals surface area (Å²) in [6.45, 7) is 3.89. The predicted molar refractivity (Wildman–Crippen MR) is 91.6 cm³/mol. The van der Waals surface area contributed by atoms with Crippen LogP contribution in [0.15, 0.2) is 47.2 Å². The molecule has 1 aliphatic heterocycles. The highest BCUT2D eigenvalue weighted by molar-refractivity contribution is 5.61. The van der Waals surface area contributed by atoms with E-state index in [4.69, 9.17) is 4.52 Å². The molecule has 25 heavy (non-hydrogen) atoms. The molecule has 0 unspecified atom stereocenters. The first-order valence-electron chi connectivity index (χ1n) is 8.13. The number of pyridine rings is 2. The minimum atomic E-state index is 0.198. The Morgan fingerprint density at radius 2 is 2.00 bits per heavy atom. The lowest BCUT2D eigenvalue weighted by atomic mass is 10.2. The molecule has 0 bridgehead atoms. The highest BCUT2D eigenvalue weighted by Gasteiger charge is 2.19. The summed E-state index contributed by atoms with van der Waals surface area (Å²) in [5.74, 6) is 1.54. The fraction of sp³-hybridized carbons (Fsp3) is 0.294. The Bertz CT molecular complexity index is 873. The summed E-state index contributed by atoms with van der Waals surface area (Å²) in [5, 5.41) is 15.8. The quantitative estimate of drug-likeness (QED) is 0.524. The fourth-order valence-corrected chi connectivity index (χ4v) is 2.80. The summed E-state index contributed by atoms with van der Waals surface area (Å²) in [6.07, 6.45) is 3.15. The molecule has 0 saturated carbocycles. The molecule has 8 heteroatoms. The summed E-state index contributed by atoms with van der Waals surface area (Å²) in [5.41, 5.74) is 1.14. The standard InChI is InChI=1S/C17H18N6O2/c1-21-8-10-22(11-9-21)15-12-13(5-6-18-15)16-19-17(25-20-16)14-4-2-3-7-23(14)24/h2-7,12H,8-11H2,1H3. The molecule has 1 fully saturated rings. The fourth-order valence-electron chi connectivity index (χ4n) is 2.80. The highest BCUT2D eigenvalue weighted by atomic mass is 16.5. The summed E-state index contributed by atoms with van der Waals surface area (Å²) in [7, 11) is 2.12. The predicted octanol–water partition coefficient (Wildman–Crippen LogP) is 1.18. The van der Waals surface area contributed by atoms with Gasteiger partial charge in [-0.25, -0.2) is 4.98 Å². The molecule has 1 aliphatic rings. The van der Waals surface area contributed by atoms with Crippen LogP contribution in [0.5, 0.6) is 0 Å². The minimum Gasteiger partial charge on any atom is -0.618 e. The Morgan fingerprint density at radius 3 is 2.80 bits per heavy atom. The van der Waals surface area contributed by atoms with Gasteiger partial charge in [0, 0.05) is 50.1 Å². The highest BCUT2D eigenvalue weighted by Crippen LogP contribution is 2.23. The molecule has 1 saturated heterocycles. The van der Waals surface area contributed by atoms with Crippen LogP contribution in [0.25, 0.3) is 23.0 Å². The van der Waals surface area contributed by atoms with Crippen molar-refractivity contribution in [2.75, 3.05) is 38.1 Å². The zero-order chi connectivity index (χ0) is 17.2. The van der Waals surface area contributed by atoms with Crippen LogP contribution in [0.2, 0.25) is 0 Å². The van der Waals surface area contributed by atoms with Gasteiger partial charge in [0.25, 0.3) is 5.69 Å². The molecule has 0 N–H and O–H groups in total. The molecule has 3 aromatic rings. The summed E-state index contributed by atoms with van der Waals surface area (Å²) in [4.78, 5) is 13.4. The van der Waals surface area contributed by atoms with Crippen molar-refractivity contribution in [1.82, 2.24) is 20.0 Å². The van der Waals surface area contributed by atoms with E-state index in [2.05, 4.69) is 32.0 Å². The molecular formula is C17H18N6O2. The van der Waals surface area contributed by atoms with Gasteiger partial charge in [-0.2, -0.15) is 9.71 Å². The number of hydrogen-bond donors (Lipinski definition) is 0. The van der Waals surface area contributed by atoms with Gasteiger partial charge in [0.15, 0.2) is 6.20 Å². The van der Waals surface area contributed by atoms with E-state index in [-0.39, 0.29) is 5.89 Å². The van der Waals surface area contributed by atoms with Gasteiger partial charge in [0.1, 0.15) is 5.82 Å². The second-order valence-corrected chi connectivity index (χ2v) is 6.03. The van der Waals surface area contributed by atoms with Crippen LogP contribution in [-0.2, 0) is 0 Å². The second kappa shape index (κ2) is 6.48. The van der Waals surface area contributed by atoms with Crippen LogP contribution in [0, 0.1) is 5.21 Å². The molecule has 0 atom stereocenters. The van der Waals surface area contributed by atoms with Crippen molar-refractivity contribution in [1.29, 1.82) is 0 Å². The molecule has 3 aromatic heterocycles. The zero-order valence-electron chi connectivity index (χ0n) is 13.9. The molecule has 0 aromatic carbocycles. The largest absolute Gasteiger partial charge is 0.618 e. The summed E-state index contributed by atoms with van der Waals surface area (Å²) < 4.78 is 5.97. The molecule has 0 aliphatic carbocycles. The third-order valence-corrected chi connectivity index (χ3v) is 4.30. The number of nitrogens with zero attached hydrogens (tertiary/aromatic N) is 6. The van der Waals surface area contributed by atoms with Crippen LogP contribution in [0.4, 0.5) is 5.82 Å². The monoisotopic (exact) mass is 338 g/mol. The maximum Gasteiger partial charge on any atom is 0.324 e. The van der Waals surface area contributed by atoms with Gasteiger partial charge in [0.2, 0.25) is 5.82 Å². The number of aromatic nitrogens is 4. The van der Waals surface area contributed by atoms with Crippen molar-refractivity contribution in [3.8, 4) is 23.0 Å². The lowest BCUT2D eigenvalue weighted by Crippen LogP contribution is -2.44. The Labute approximate surface area is 144 Å². The molecule has 4 rings (SSSR count). The van der Waals surface area contributed by atoms with Gasteiger partial charge in [-0.05, 0) is 25.2 Å². The van der Waals surface area contributed by atoms with Gasteiger partial charge in [0.05, 0.1) is 0 Å². The average molecular weight is 338 g/mol. The van der Waals surface area contributed by atoms with E-state index in [1.54, 1.807) is 24.4 Å². The lowest BCUT2D eigenvalue weighted by molar-refractivity contribution is -0.594. The first kappa shape index (κ1) is 15.5. The van der Waals surface area contributed by atoms with Crippen LogP contribution >= 0.6 is 0 Å². The molecule has 0 spiro atoms. The third kappa shape index (κ3) is 3.16. The molecule has 128 valence electrons. The first-order valence-corrected chi connectivity index (χ1v) is 8.13. The second-order valence-electron chi connectivity index (χ2n) is 6.03. The Hall–Kier alpha value is -3.00. The Balaban J connectivity index is 1.61. The number of rotatable bonds is 3. The van der Waals surface area contributed by atoms with E-state index in [0.717, 1.165) is 37.6 Å². The topological polar surface area (TPSA) is 85.2 Å².